The monoisotopic (exact) mass is 280 g/mol. The molecule has 21 heavy (non-hydrogen) atoms. The van der Waals surface area contributed by atoms with E-state index in [0.717, 1.165) is 5.39 Å². The third-order valence-electron chi connectivity index (χ3n) is 3.38. The highest BCUT2D eigenvalue weighted by molar-refractivity contribution is 6.03. The molecule has 102 valence electrons. The number of nitrogens with zero attached hydrogens (tertiary/aromatic N) is 2. The molecule has 4 rings (SSSR count). The van der Waals surface area contributed by atoms with E-state index in [4.69, 9.17) is 12.6 Å². The van der Waals surface area contributed by atoms with Gasteiger partial charge in [0.25, 0.3) is 0 Å². The molecule has 0 amide bonds. The first-order valence-electron chi connectivity index (χ1n) is 9.45. The highest BCUT2D eigenvalue weighted by atomic mass is 16.3. The predicted octanol–water partition coefficient (Wildman–Crippen LogP) is 4.66. The van der Waals surface area contributed by atoms with Gasteiger partial charge in [0, 0.05) is 19.8 Å². The minimum absolute atomic E-state index is 0.0285. The van der Waals surface area contributed by atoms with Crippen molar-refractivity contribution in [3.8, 4) is 11.4 Å². The number of aromatic nitrogens is 2. The van der Waals surface area contributed by atoms with Crippen molar-refractivity contribution in [2.45, 2.75) is 13.7 Å². The first kappa shape index (κ1) is 7.36. The molecule has 0 aliphatic rings. The van der Waals surface area contributed by atoms with Crippen LogP contribution in [0.25, 0.3) is 33.5 Å². The highest BCUT2D eigenvalue weighted by Crippen LogP contribution is 2.31. The van der Waals surface area contributed by atoms with Crippen LogP contribution < -0.4 is 0 Å². The SMILES string of the molecule is [2H]C([2H])([2H])c1cccnc1-c1nc2c(cc1C([2H])([2H])[2H])oc1ccccc12. The first-order chi connectivity index (χ1) is 12.7. The van der Waals surface area contributed by atoms with Crippen molar-refractivity contribution in [1.29, 1.82) is 0 Å². The molecule has 1 aromatic carbocycles. The number of benzene rings is 1. The van der Waals surface area contributed by atoms with Crippen LogP contribution in [0.4, 0.5) is 0 Å². The highest BCUT2D eigenvalue weighted by Gasteiger charge is 2.14. The Morgan fingerprint density at radius 2 is 1.86 bits per heavy atom. The lowest BCUT2D eigenvalue weighted by atomic mass is 10.1. The van der Waals surface area contributed by atoms with E-state index in [0.29, 0.717) is 16.7 Å². The molecule has 4 aromatic rings. The third-order valence-corrected chi connectivity index (χ3v) is 3.38. The van der Waals surface area contributed by atoms with Crippen LogP contribution in [0.5, 0.6) is 0 Å². The molecule has 3 nitrogen and oxygen atoms in total. The van der Waals surface area contributed by atoms with Crippen LogP contribution >= 0.6 is 0 Å². The van der Waals surface area contributed by atoms with Crippen molar-refractivity contribution in [1.82, 2.24) is 9.97 Å². The number of fused-ring (bicyclic) bond motifs is 3. The lowest BCUT2D eigenvalue weighted by molar-refractivity contribution is 0.668. The Balaban J connectivity index is 2.12. The fraction of sp³-hybridized carbons (Fsp3) is 0.111. The van der Waals surface area contributed by atoms with Gasteiger partial charge in [0.15, 0.2) is 5.58 Å². The van der Waals surface area contributed by atoms with E-state index in [-0.39, 0.29) is 22.5 Å². The minimum Gasteiger partial charge on any atom is -0.454 e. The van der Waals surface area contributed by atoms with E-state index in [2.05, 4.69) is 9.97 Å². The summed E-state index contributed by atoms with van der Waals surface area (Å²) in [7, 11) is 0. The molecule has 3 heterocycles. The van der Waals surface area contributed by atoms with Gasteiger partial charge in [0.2, 0.25) is 0 Å². The van der Waals surface area contributed by atoms with Crippen LogP contribution in [0.3, 0.4) is 0 Å². The molecule has 0 aliphatic carbocycles. The fourth-order valence-corrected chi connectivity index (χ4v) is 2.41. The summed E-state index contributed by atoms with van der Waals surface area (Å²) in [4.78, 5) is 8.67. The third kappa shape index (κ3) is 1.82. The molecular formula is C18H14N2O. The Kier molecular flexibility index (Phi) is 1.55. The van der Waals surface area contributed by atoms with Gasteiger partial charge >= 0.3 is 0 Å². The summed E-state index contributed by atoms with van der Waals surface area (Å²) >= 11 is 0. The molecule has 0 N–H and O–H groups in total. The zero-order chi connectivity index (χ0) is 19.4. The molecule has 3 aromatic heterocycles. The largest absolute Gasteiger partial charge is 0.454 e. The molecule has 0 atom stereocenters. The minimum atomic E-state index is -2.51. The number of para-hydroxylation sites is 1. The molecule has 0 unspecified atom stereocenters. The molecule has 3 heteroatoms. The molecule has 0 spiro atoms. The number of hydrogen-bond acceptors (Lipinski definition) is 3. The topological polar surface area (TPSA) is 38.9 Å². The van der Waals surface area contributed by atoms with Crippen LogP contribution in [-0.2, 0) is 0 Å². The van der Waals surface area contributed by atoms with Crippen LogP contribution in [0.2, 0.25) is 0 Å². The molecule has 0 saturated carbocycles. The summed E-state index contributed by atoms with van der Waals surface area (Å²) in [6.07, 6.45) is 1.42. The van der Waals surface area contributed by atoms with Crippen molar-refractivity contribution >= 4 is 22.1 Å². The van der Waals surface area contributed by atoms with Gasteiger partial charge < -0.3 is 4.42 Å². The van der Waals surface area contributed by atoms with Crippen LogP contribution in [0.15, 0.2) is 53.1 Å². The maximum atomic E-state index is 7.88. The number of pyridine rings is 2. The lowest BCUT2D eigenvalue weighted by Gasteiger charge is -2.07. The Labute approximate surface area is 130 Å². The maximum absolute atomic E-state index is 7.88. The van der Waals surface area contributed by atoms with E-state index in [1.54, 1.807) is 6.07 Å². The van der Waals surface area contributed by atoms with Crippen LogP contribution in [-0.4, -0.2) is 9.97 Å². The zero-order valence-electron chi connectivity index (χ0n) is 16.9. The van der Waals surface area contributed by atoms with Crippen molar-refractivity contribution in [3.05, 3.63) is 59.8 Å². The van der Waals surface area contributed by atoms with Gasteiger partial charge in [0.1, 0.15) is 11.1 Å². The maximum Gasteiger partial charge on any atom is 0.154 e. The Bertz CT molecular complexity index is 1160. The quantitative estimate of drug-likeness (QED) is 0.509. The fourth-order valence-electron chi connectivity index (χ4n) is 2.41. The smallest absolute Gasteiger partial charge is 0.154 e. The Hall–Kier alpha value is -2.68. The van der Waals surface area contributed by atoms with Gasteiger partial charge in [-0.3, -0.25) is 4.98 Å². The summed E-state index contributed by atoms with van der Waals surface area (Å²) in [5, 5.41) is 0.720. The summed E-state index contributed by atoms with van der Waals surface area (Å²) in [6.45, 7) is -4.97. The van der Waals surface area contributed by atoms with Gasteiger partial charge in [-0.1, -0.05) is 18.2 Å². The predicted molar refractivity (Wildman–Crippen MR) is 84.2 cm³/mol. The molecule has 0 aliphatic heterocycles. The summed E-state index contributed by atoms with van der Waals surface area (Å²) in [6, 6.07) is 11.5. The van der Waals surface area contributed by atoms with Crippen molar-refractivity contribution < 1.29 is 12.6 Å². The molecule has 0 bridgehead atoms. The second-order valence-corrected chi connectivity index (χ2v) is 4.73. The summed E-state index contributed by atoms with van der Waals surface area (Å²) < 4.78 is 52.7. The van der Waals surface area contributed by atoms with E-state index in [9.17, 15) is 0 Å². The van der Waals surface area contributed by atoms with Crippen molar-refractivity contribution in [2.24, 2.45) is 0 Å². The molecular weight excluding hydrogens is 260 g/mol. The van der Waals surface area contributed by atoms with E-state index in [1.807, 2.05) is 18.2 Å². The normalized spacial score (nSPS) is 16.8. The van der Waals surface area contributed by atoms with Gasteiger partial charge in [-0.25, -0.2) is 4.98 Å². The number of hydrogen-bond donors (Lipinski definition) is 0. The van der Waals surface area contributed by atoms with Gasteiger partial charge in [-0.15, -0.1) is 0 Å². The second kappa shape index (κ2) is 4.42. The summed E-state index contributed by atoms with van der Waals surface area (Å²) in [5.74, 6) is 0. The Morgan fingerprint density at radius 3 is 2.76 bits per heavy atom. The van der Waals surface area contributed by atoms with Crippen molar-refractivity contribution in [2.75, 3.05) is 0 Å². The first-order valence-corrected chi connectivity index (χ1v) is 6.45. The van der Waals surface area contributed by atoms with Gasteiger partial charge in [-0.05, 0) is 49.1 Å². The van der Waals surface area contributed by atoms with E-state index < -0.39 is 13.7 Å². The summed E-state index contributed by atoms with van der Waals surface area (Å²) in [5.41, 5.74) is 1.30. The lowest BCUT2D eigenvalue weighted by Crippen LogP contribution is -1.94. The Morgan fingerprint density at radius 1 is 0.952 bits per heavy atom. The van der Waals surface area contributed by atoms with E-state index in [1.165, 1.54) is 24.4 Å². The standard InChI is InChI=1S/C18H14N2O/c1-11-6-5-9-19-16(11)17-12(2)10-15-18(20-17)13-7-3-4-8-14(13)21-15/h3-10H,1-2H3/i1D3,2D3. The van der Waals surface area contributed by atoms with Crippen molar-refractivity contribution in [3.63, 3.8) is 0 Å². The van der Waals surface area contributed by atoms with Gasteiger partial charge in [-0.2, -0.15) is 0 Å². The zero-order valence-corrected chi connectivity index (χ0v) is 10.9. The molecule has 0 fully saturated rings. The second-order valence-electron chi connectivity index (χ2n) is 4.73. The van der Waals surface area contributed by atoms with Gasteiger partial charge in [0.05, 0.1) is 11.4 Å². The number of rotatable bonds is 1. The molecule has 0 radical (unpaired) electrons. The number of aryl methyl sites for hydroxylation is 2. The van der Waals surface area contributed by atoms with E-state index >= 15 is 0 Å². The van der Waals surface area contributed by atoms with Crippen LogP contribution in [0.1, 0.15) is 19.4 Å². The molecule has 0 saturated heterocycles. The average Bonchev–Trinajstić information content (AvgIpc) is 2.97. The number of furan rings is 1. The van der Waals surface area contributed by atoms with Crippen LogP contribution in [0, 0.1) is 13.7 Å². The average molecular weight is 280 g/mol.